The summed E-state index contributed by atoms with van der Waals surface area (Å²) in [6.07, 6.45) is -8.65. The lowest BCUT2D eigenvalue weighted by Gasteiger charge is -2.05. The Morgan fingerprint density at radius 3 is 1.23 bits per heavy atom. The van der Waals surface area contributed by atoms with Gasteiger partial charge in [-0.2, -0.15) is 26.3 Å². The summed E-state index contributed by atoms with van der Waals surface area (Å²) in [5.74, 6) is -2.27. The van der Waals surface area contributed by atoms with Gasteiger partial charge in [-0.05, 0) is 9.83 Å². The van der Waals surface area contributed by atoms with Crippen LogP contribution in [0.15, 0.2) is 0 Å². The predicted octanol–water partition coefficient (Wildman–Crippen LogP) is 4.14. The maximum absolute atomic E-state index is 11.5. The lowest BCUT2D eigenvalue weighted by molar-refractivity contribution is -0.105. The summed E-state index contributed by atoms with van der Waals surface area (Å²) in [6.45, 7) is 0. The normalized spacial score (nSPS) is 13.4. The van der Waals surface area contributed by atoms with Gasteiger partial charge in [0.15, 0.2) is 0 Å². The van der Waals surface area contributed by atoms with Crippen molar-refractivity contribution < 1.29 is 26.3 Å². The van der Waals surface area contributed by atoms with Crippen LogP contribution >= 0.6 is 31.4 Å². The summed E-state index contributed by atoms with van der Waals surface area (Å²) in [7, 11) is 1.21. The second-order valence-corrected chi connectivity index (χ2v) is 6.05. The molecule has 0 bridgehead atoms. The third kappa shape index (κ3) is 12.6. The third-order valence-electron chi connectivity index (χ3n) is 0.541. The molecule has 80 valence electrons. The summed E-state index contributed by atoms with van der Waals surface area (Å²) < 4.78 is 68.7. The maximum atomic E-state index is 11.5. The average Bonchev–Trinajstić information content (AvgIpc) is 1.81. The second kappa shape index (κ2) is 5.50. The minimum absolute atomic E-state index is 0.356. The molecule has 0 heterocycles. The Morgan fingerprint density at radius 2 is 1.00 bits per heavy atom. The van der Waals surface area contributed by atoms with E-state index >= 15 is 0 Å². The first-order chi connectivity index (χ1) is 5.71. The first-order valence-corrected chi connectivity index (χ1v) is 6.57. The Hall–Kier alpha value is 0.630. The van der Waals surface area contributed by atoms with Gasteiger partial charge in [-0.1, -0.05) is 21.6 Å². The lowest BCUT2D eigenvalue weighted by Crippen LogP contribution is -2.10. The molecule has 0 aliphatic rings. The van der Waals surface area contributed by atoms with Gasteiger partial charge in [0.05, 0.1) is 0 Å². The van der Waals surface area contributed by atoms with Crippen molar-refractivity contribution >= 4 is 31.4 Å². The molecule has 0 fully saturated rings. The van der Waals surface area contributed by atoms with Crippen LogP contribution in [-0.2, 0) is 0 Å². The highest BCUT2D eigenvalue weighted by molar-refractivity contribution is 9.09. The van der Waals surface area contributed by atoms with E-state index in [9.17, 15) is 26.3 Å². The molecule has 0 aromatic heterocycles. The Bertz CT molecular complexity index is 124. The van der Waals surface area contributed by atoms with Gasteiger partial charge in [0.2, 0.25) is 0 Å². The number of hydrogen-bond donors (Lipinski definition) is 0. The summed E-state index contributed by atoms with van der Waals surface area (Å²) in [6, 6.07) is 0. The highest BCUT2D eigenvalue weighted by atomic mass is 33.5. The van der Waals surface area contributed by atoms with Gasteiger partial charge < -0.3 is 0 Å². The summed E-state index contributed by atoms with van der Waals surface area (Å²) in [5, 5.41) is 0. The van der Waals surface area contributed by atoms with Crippen molar-refractivity contribution in [2.24, 2.45) is 0 Å². The van der Waals surface area contributed by atoms with E-state index in [-0.39, 0.29) is 0 Å². The van der Waals surface area contributed by atoms with E-state index in [1.807, 2.05) is 0 Å². The largest absolute Gasteiger partial charge is 0.398 e. The summed E-state index contributed by atoms with van der Waals surface area (Å²) in [4.78, 5) is 0. The van der Waals surface area contributed by atoms with Gasteiger partial charge in [0.1, 0.15) is 11.5 Å². The molecule has 0 unspecified atom stereocenters. The van der Waals surface area contributed by atoms with E-state index in [2.05, 4.69) is 0 Å². The molecule has 0 amide bonds. The second-order valence-electron chi connectivity index (χ2n) is 1.82. The molecule has 13 heavy (non-hydrogen) atoms. The third-order valence-corrected chi connectivity index (χ3v) is 4.64. The average molecular weight is 262 g/mol. The molecule has 0 rings (SSSR count). The Balaban J connectivity index is 3.28. The standard InChI is InChI=1S/C4H4F6S3/c5-3(6,7)1-11-13-12-2-4(8,9)10/h1-2H2. The van der Waals surface area contributed by atoms with Crippen molar-refractivity contribution in [1.82, 2.24) is 0 Å². The van der Waals surface area contributed by atoms with Crippen LogP contribution in [-0.4, -0.2) is 23.9 Å². The van der Waals surface area contributed by atoms with Gasteiger partial charge in [0, 0.05) is 0 Å². The number of halogens is 6. The van der Waals surface area contributed by atoms with Crippen LogP contribution < -0.4 is 0 Å². The molecule has 0 radical (unpaired) electrons. The smallest absolute Gasteiger partial charge is 0.170 e. The van der Waals surface area contributed by atoms with Crippen LogP contribution in [0.3, 0.4) is 0 Å². The van der Waals surface area contributed by atoms with Crippen molar-refractivity contribution in [3.05, 3.63) is 0 Å². The first-order valence-electron chi connectivity index (χ1n) is 2.75. The van der Waals surface area contributed by atoms with E-state index in [1.54, 1.807) is 0 Å². The van der Waals surface area contributed by atoms with Crippen LogP contribution in [0.1, 0.15) is 0 Å². The van der Waals surface area contributed by atoms with Gasteiger partial charge in [-0.15, -0.1) is 0 Å². The van der Waals surface area contributed by atoms with Crippen LogP contribution in [0, 0.1) is 0 Å². The van der Waals surface area contributed by atoms with Crippen molar-refractivity contribution in [2.75, 3.05) is 11.5 Å². The molecule has 0 aromatic rings. The molecule has 0 nitrogen and oxygen atoms in total. The highest BCUT2D eigenvalue weighted by Crippen LogP contribution is 2.40. The minimum atomic E-state index is -4.32. The summed E-state index contributed by atoms with van der Waals surface area (Å²) >= 11 is 0. The fraction of sp³-hybridized carbons (Fsp3) is 1.00. The lowest BCUT2D eigenvalue weighted by atomic mass is 10.8. The van der Waals surface area contributed by atoms with E-state index < -0.39 is 23.9 Å². The highest BCUT2D eigenvalue weighted by Gasteiger charge is 2.29. The van der Waals surface area contributed by atoms with Gasteiger partial charge in [-0.25, -0.2) is 0 Å². The fourth-order valence-electron chi connectivity index (χ4n) is 0.216. The van der Waals surface area contributed by atoms with Crippen molar-refractivity contribution in [2.45, 2.75) is 12.4 Å². The molecular weight excluding hydrogens is 258 g/mol. The van der Waals surface area contributed by atoms with Crippen LogP contribution in [0.5, 0.6) is 0 Å². The summed E-state index contributed by atoms with van der Waals surface area (Å²) in [5.41, 5.74) is 0. The number of hydrogen-bond acceptors (Lipinski definition) is 3. The van der Waals surface area contributed by atoms with E-state index in [1.165, 1.54) is 0 Å². The van der Waals surface area contributed by atoms with Crippen molar-refractivity contribution in [3.8, 4) is 0 Å². The molecule has 0 aliphatic carbocycles. The molecule has 0 N–H and O–H groups in total. The van der Waals surface area contributed by atoms with Gasteiger partial charge in [0.25, 0.3) is 0 Å². The van der Waals surface area contributed by atoms with Crippen LogP contribution in [0.25, 0.3) is 0 Å². The minimum Gasteiger partial charge on any atom is -0.170 e. The molecular formula is C4H4F6S3. The van der Waals surface area contributed by atoms with Crippen LogP contribution in [0.2, 0.25) is 0 Å². The zero-order chi connectivity index (χ0) is 10.5. The molecule has 9 heteroatoms. The van der Waals surface area contributed by atoms with E-state index in [0.29, 0.717) is 31.4 Å². The van der Waals surface area contributed by atoms with Crippen LogP contribution in [0.4, 0.5) is 26.3 Å². The molecule has 0 aliphatic heterocycles. The van der Waals surface area contributed by atoms with Crippen molar-refractivity contribution in [1.29, 1.82) is 0 Å². The first kappa shape index (κ1) is 13.6. The fourth-order valence-corrected chi connectivity index (χ4v) is 3.42. The monoisotopic (exact) mass is 262 g/mol. The topological polar surface area (TPSA) is 0 Å². The zero-order valence-electron chi connectivity index (χ0n) is 5.91. The Morgan fingerprint density at radius 1 is 0.692 bits per heavy atom. The zero-order valence-corrected chi connectivity index (χ0v) is 8.36. The van der Waals surface area contributed by atoms with Crippen molar-refractivity contribution in [3.63, 3.8) is 0 Å². The van der Waals surface area contributed by atoms with Gasteiger partial charge in [-0.3, -0.25) is 0 Å². The van der Waals surface area contributed by atoms with E-state index in [4.69, 9.17) is 0 Å². The quantitative estimate of drug-likeness (QED) is 0.424. The SMILES string of the molecule is FC(F)(F)CSSSCC(F)(F)F. The Labute approximate surface area is 82.0 Å². The number of alkyl halides is 6. The Kier molecular flexibility index (Phi) is 5.76. The maximum Gasteiger partial charge on any atom is 0.398 e. The molecule has 0 saturated heterocycles. The molecule has 0 spiro atoms. The number of rotatable bonds is 4. The predicted molar refractivity (Wildman–Crippen MR) is 44.6 cm³/mol. The van der Waals surface area contributed by atoms with E-state index in [0.717, 1.165) is 0 Å². The molecule has 0 aromatic carbocycles. The molecule has 0 atom stereocenters. The van der Waals surface area contributed by atoms with Gasteiger partial charge >= 0.3 is 12.4 Å². The molecule has 0 saturated carbocycles.